The van der Waals surface area contributed by atoms with E-state index in [4.69, 9.17) is 0 Å². The van der Waals surface area contributed by atoms with Gasteiger partial charge in [0.05, 0.1) is 12.2 Å². The molecule has 0 spiro atoms. The summed E-state index contributed by atoms with van der Waals surface area (Å²) in [4.78, 5) is 90.7. The number of ketones is 1. The number of carbonyl (C=O) groups is 6. The second kappa shape index (κ2) is 17.0. The fourth-order valence-corrected chi connectivity index (χ4v) is 6.62. The predicted molar refractivity (Wildman–Crippen MR) is 180 cm³/mol. The Hall–Kier alpha value is -3.90. The van der Waals surface area contributed by atoms with E-state index >= 15 is 0 Å². The smallest absolute Gasteiger partial charge is 0.289 e. The number of nitrogens with one attached hydrogen (secondary N) is 4. The number of hydrogen-bond acceptors (Lipinski definition) is 8. The van der Waals surface area contributed by atoms with Crippen LogP contribution in [0.1, 0.15) is 111 Å². The fourth-order valence-electron chi connectivity index (χ4n) is 6.62. The molecule has 0 bridgehead atoms. The first-order valence-electron chi connectivity index (χ1n) is 17.5. The van der Waals surface area contributed by atoms with Gasteiger partial charge in [-0.05, 0) is 55.8 Å². The van der Waals surface area contributed by atoms with Gasteiger partial charge in [-0.2, -0.15) is 0 Å². The quantitative estimate of drug-likeness (QED) is 0.206. The topological polar surface area (TPSA) is 180 Å². The van der Waals surface area contributed by atoms with Crippen LogP contribution in [-0.4, -0.2) is 86.9 Å². The van der Waals surface area contributed by atoms with Crippen LogP contribution in [0, 0.1) is 23.2 Å². The maximum atomic E-state index is 14.5. The maximum absolute atomic E-state index is 14.5. The Kier molecular flexibility index (Phi) is 13.6. The van der Waals surface area contributed by atoms with Crippen molar-refractivity contribution < 1.29 is 28.8 Å². The molecule has 13 nitrogen and oxygen atoms in total. The normalized spacial score (nSPS) is 22.0. The molecule has 0 aromatic carbocycles. The van der Waals surface area contributed by atoms with Crippen molar-refractivity contribution in [3.8, 4) is 0 Å². The summed E-state index contributed by atoms with van der Waals surface area (Å²) in [6, 6.07) is -4.03. The Bertz CT molecular complexity index is 1320. The maximum Gasteiger partial charge on any atom is 0.289 e. The molecule has 1 aliphatic heterocycles. The number of fused-ring (bicyclic) bond motifs is 1. The summed E-state index contributed by atoms with van der Waals surface area (Å²) in [7, 11) is 0. The molecular weight excluding hydrogens is 614 g/mol. The molecule has 1 saturated heterocycles. The molecule has 266 valence electrons. The zero-order chi connectivity index (χ0) is 35.8. The van der Waals surface area contributed by atoms with E-state index in [0.29, 0.717) is 25.8 Å². The lowest BCUT2D eigenvalue weighted by Crippen LogP contribution is -2.62. The first-order valence-corrected chi connectivity index (χ1v) is 17.5. The summed E-state index contributed by atoms with van der Waals surface area (Å²) in [5.74, 6) is -3.64. The minimum absolute atomic E-state index is 0.0664. The van der Waals surface area contributed by atoms with E-state index in [1.165, 1.54) is 18.6 Å². The third kappa shape index (κ3) is 9.37. The van der Waals surface area contributed by atoms with Crippen molar-refractivity contribution in [1.29, 1.82) is 0 Å². The van der Waals surface area contributed by atoms with Gasteiger partial charge in [0.15, 0.2) is 0 Å². The van der Waals surface area contributed by atoms with E-state index in [9.17, 15) is 28.8 Å². The lowest BCUT2D eigenvalue weighted by molar-refractivity contribution is -0.146. The van der Waals surface area contributed by atoms with Crippen molar-refractivity contribution in [2.75, 3.05) is 6.54 Å². The second-order valence-electron chi connectivity index (χ2n) is 14.5. The predicted octanol–water partition coefficient (Wildman–Crippen LogP) is 2.55. The number of carbonyl (C=O) groups excluding carboxylic acids is 6. The molecule has 8 atom stereocenters. The lowest BCUT2D eigenvalue weighted by atomic mass is 9.84. The highest BCUT2D eigenvalue weighted by Crippen LogP contribution is 2.43. The monoisotopic (exact) mass is 669 g/mol. The number of rotatable bonds is 15. The Balaban J connectivity index is 1.86. The minimum atomic E-state index is -1.02. The Morgan fingerprint density at radius 1 is 0.938 bits per heavy atom. The van der Waals surface area contributed by atoms with Crippen LogP contribution in [0.2, 0.25) is 0 Å². The van der Waals surface area contributed by atoms with Gasteiger partial charge in [-0.25, -0.2) is 4.98 Å². The zero-order valence-electron chi connectivity index (χ0n) is 29.8. The van der Waals surface area contributed by atoms with Crippen LogP contribution in [0.25, 0.3) is 0 Å². The SMILES string of the molecule is CCC[C@@H](NC(=O)[C@@H]1[C@H]2CCC[C@H]2CN1C(=O)[C@@H](NC(=O)[C@@H](NC(=O)c1cnccn1)C(C)CC)C(C)(C)C)C(=O)C(=O)N[C@H](C)CC. The Morgan fingerprint density at radius 2 is 1.65 bits per heavy atom. The molecule has 1 saturated carbocycles. The average Bonchev–Trinajstić information content (AvgIpc) is 3.66. The van der Waals surface area contributed by atoms with E-state index in [1.54, 1.807) is 4.90 Å². The van der Waals surface area contributed by atoms with Crippen LogP contribution < -0.4 is 21.3 Å². The number of likely N-dealkylation sites (tertiary alicyclic amines) is 1. The Labute approximate surface area is 284 Å². The Morgan fingerprint density at radius 3 is 2.23 bits per heavy atom. The number of Topliss-reactive ketones (excluding diaryl/α,β-unsaturated/α-hetero) is 1. The number of nitrogens with zero attached hydrogens (tertiary/aromatic N) is 3. The molecule has 2 aliphatic rings. The summed E-state index contributed by atoms with van der Waals surface area (Å²) in [5, 5.41) is 11.2. The van der Waals surface area contributed by atoms with Crippen molar-refractivity contribution in [2.24, 2.45) is 23.2 Å². The first-order chi connectivity index (χ1) is 22.6. The standard InChI is InChI=1S/C35H55N7O6/c1-9-13-24(28(43)33(47)38-21(5)11-3)39-32(46)27-23-15-12-14-22(23)19-42(27)34(48)29(35(6,7)8)41-31(45)26(20(4)10-2)40-30(44)25-18-36-16-17-37-25/h16-18,20-24,26-27,29H,9-15,19H2,1-8H3,(H,38,47)(H,39,46)(H,40,44)(H,41,45)/t20?,21-,22+,23+,24-,26+,27+,29-/m1/s1. The molecule has 0 radical (unpaired) electrons. The number of hydrogen-bond donors (Lipinski definition) is 4. The van der Waals surface area contributed by atoms with Crippen LogP contribution in [0.5, 0.6) is 0 Å². The van der Waals surface area contributed by atoms with Crippen LogP contribution in [0.15, 0.2) is 18.6 Å². The van der Waals surface area contributed by atoms with Crippen molar-refractivity contribution in [1.82, 2.24) is 36.1 Å². The second-order valence-corrected chi connectivity index (χ2v) is 14.5. The summed E-state index contributed by atoms with van der Waals surface area (Å²) in [6.07, 6.45) is 8.78. The molecule has 1 aromatic heterocycles. The zero-order valence-corrected chi connectivity index (χ0v) is 29.8. The molecule has 13 heteroatoms. The molecule has 4 N–H and O–H groups in total. The van der Waals surface area contributed by atoms with Gasteiger partial charge in [-0.3, -0.25) is 33.8 Å². The van der Waals surface area contributed by atoms with Gasteiger partial charge < -0.3 is 26.2 Å². The van der Waals surface area contributed by atoms with Crippen LogP contribution >= 0.6 is 0 Å². The minimum Gasteiger partial charge on any atom is -0.347 e. The molecule has 5 amide bonds. The lowest BCUT2D eigenvalue weighted by Gasteiger charge is -2.37. The first kappa shape index (κ1) is 38.5. The average molecular weight is 670 g/mol. The summed E-state index contributed by atoms with van der Waals surface area (Å²) in [5.41, 5.74) is -0.688. The summed E-state index contributed by atoms with van der Waals surface area (Å²) in [6.45, 7) is 15.2. The van der Waals surface area contributed by atoms with E-state index in [-0.39, 0.29) is 35.9 Å². The number of aromatic nitrogens is 2. The van der Waals surface area contributed by atoms with E-state index < -0.39 is 64.9 Å². The van der Waals surface area contributed by atoms with E-state index in [2.05, 4.69) is 31.2 Å². The van der Waals surface area contributed by atoms with Crippen molar-refractivity contribution in [2.45, 2.75) is 131 Å². The van der Waals surface area contributed by atoms with E-state index in [0.717, 1.165) is 19.3 Å². The fraction of sp³-hybridized carbons (Fsp3) is 0.714. The van der Waals surface area contributed by atoms with Crippen LogP contribution in [0.4, 0.5) is 0 Å². The highest BCUT2D eigenvalue weighted by atomic mass is 16.2. The molecule has 3 rings (SSSR count). The third-order valence-electron chi connectivity index (χ3n) is 9.84. The van der Waals surface area contributed by atoms with Gasteiger partial charge in [-0.1, -0.05) is 67.7 Å². The molecule has 2 fully saturated rings. The van der Waals surface area contributed by atoms with Gasteiger partial charge in [-0.15, -0.1) is 0 Å². The largest absolute Gasteiger partial charge is 0.347 e. The van der Waals surface area contributed by atoms with Gasteiger partial charge in [0.25, 0.3) is 11.8 Å². The van der Waals surface area contributed by atoms with Gasteiger partial charge in [0.1, 0.15) is 23.8 Å². The highest BCUT2D eigenvalue weighted by molar-refractivity contribution is 6.38. The van der Waals surface area contributed by atoms with Crippen molar-refractivity contribution in [3.63, 3.8) is 0 Å². The molecular formula is C35H55N7O6. The highest BCUT2D eigenvalue weighted by Gasteiger charge is 2.52. The molecule has 2 heterocycles. The van der Waals surface area contributed by atoms with Crippen LogP contribution in [0.3, 0.4) is 0 Å². The molecule has 1 aromatic rings. The van der Waals surface area contributed by atoms with Crippen molar-refractivity contribution >= 4 is 35.3 Å². The van der Waals surface area contributed by atoms with Gasteiger partial charge in [0.2, 0.25) is 23.5 Å². The molecule has 1 unspecified atom stereocenters. The molecule has 1 aliphatic carbocycles. The van der Waals surface area contributed by atoms with Gasteiger partial charge >= 0.3 is 0 Å². The van der Waals surface area contributed by atoms with E-state index in [1.807, 2.05) is 55.4 Å². The van der Waals surface area contributed by atoms with Crippen LogP contribution in [-0.2, 0) is 24.0 Å². The van der Waals surface area contributed by atoms with Crippen molar-refractivity contribution in [3.05, 3.63) is 24.3 Å². The summed E-state index contributed by atoms with van der Waals surface area (Å²) >= 11 is 0. The summed E-state index contributed by atoms with van der Waals surface area (Å²) < 4.78 is 0. The number of amides is 5. The van der Waals surface area contributed by atoms with Gasteiger partial charge in [0, 0.05) is 25.0 Å². The third-order valence-corrected chi connectivity index (χ3v) is 9.84. The molecule has 48 heavy (non-hydrogen) atoms.